The Hall–Kier alpha value is -1.91. The molecule has 2 N–H and O–H groups in total. The fourth-order valence-electron chi connectivity index (χ4n) is 2.68. The van der Waals surface area contributed by atoms with E-state index in [4.69, 9.17) is 0 Å². The van der Waals surface area contributed by atoms with Gasteiger partial charge in [0.15, 0.2) is 0 Å². The summed E-state index contributed by atoms with van der Waals surface area (Å²) in [6.45, 7) is 2.70. The van der Waals surface area contributed by atoms with Crippen LogP contribution < -0.4 is 10.6 Å². The molecular formula is C17H25N3O2. The average molecular weight is 303 g/mol. The first-order valence-electron chi connectivity index (χ1n) is 8.26. The van der Waals surface area contributed by atoms with Gasteiger partial charge in [-0.2, -0.15) is 0 Å². The van der Waals surface area contributed by atoms with Crippen molar-refractivity contribution in [2.24, 2.45) is 0 Å². The van der Waals surface area contributed by atoms with E-state index in [9.17, 15) is 9.59 Å². The first-order chi connectivity index (χ1) is 10.7. The number of carbonyl (C=O) groups is 2. The Labute approximate surface area is 131 Å². The summed E-state index contributed by atoms with van der Waals surface area (Å²) >= 11 is 0. The molecule has 0 spiro atoms. The lowest BCUT2D eigenvalue weighted by molar-refractivity contribution is 0.0927. The van der Waals surface area contributed by atoms with E-state index in [0.717, 1.165) is 25.7 Å². The second kappa shape index (κ2) is 8.51. The molecule has 5 heteroatoms. The Morgan fingerprint density at radius 1 is 1.23 bits per heavy atom. The number of hydrogen-bond donors (Lipinski definition) is 2. The van der Waals surface area contributed by atoms with E-state index in [0.29, 0.717) is 17.8 Å². The van der Waals surface area contributed by atoms with E-state index < -0.39 is 0 Å². The van der Waals surface area contributed by atoms with Gasteiger partial charge in [0, 0.05) is 24.3 Å². The fourth-order valence-corrected chi connectivity index (χ4v) is 2.68. The zero-order valence-corrected chi connectivity index (χ0v) is 13.2. The summed E-state index contributed by atoms with van der Waals surface area (Å²) in [6.07, 6.45) is 9.17. The smallest absolute Gasteiger partial charge is 0.269 e. The standard InChI is InChI=1S/C17H25N3O2/c1-2-3-10-19-17(22)15-12-13(9-11-18-15)16(21)20-14-7-5-4-6-8-14/h9,11-12,14H,2-8,10H2,1H3,(H,19,22)(H,20,21). The average Bonchev–Trinajstić information content (AvgIpc) is 2.56. The number of hydrogen-bond acceptors (Lipinski definition) is 3. The number of aromatic nitrogens is 1. The topological polar surface area (TPSA) is 71.1 Å². The van der Waals surface area contributed by atoms with E-state index in [1.54, 1.807) is 12.1 Å². The molecule has 0 aliphatic heterocycles. The Bertz CT molecular complexity index is 510. The van der Waals surface area contributed by atoms with E-state index in [2.05, 4.69) is 22.5 Å². The number of rotatable bonds is 6. The van der Waals surface area contributed by atoms with Gasteiger partial charge in [0.05, 0.1) is 0 Å². The van der Waals surface area contributed by atoms with Gasteiger partial charge in [-0.3, -0.25) is 14.6 Å². The minimum absolute atomic E-state index is 0.114. The van der Waals surface area contributed by atoms with Crippen LogP contribution in [0.25, 0.3) is 0 Å². The van der Waals surface area contributed by atoms with Crippen molar-refractivity contribution in [3.8, 4) is 0 Å². The van der Waals surface area contributed by atoms with Crippen LogP contribution in [0.3, 0.4) is 0 Å². The van der Waals surface area contributed by atoms with Crippen molar-refractivity contribution in [3.05, 3.63) is 29.6 Å². The van der Waals surface area contributed by atoms with Gasteiger partial charge >= 0.3 is 0 Å². The maximum atomic E-state index is 12.3. The predicted molar refractivity (Wildman–Crippen MR) is 85.8 cm³/mol. The molecule has 1 aliphatic carbocycles. The molecule has 0 bridgehead atoms. The summed E-state index contributed by atoms with van der Waals surface area (Å²) in [5.74, 6) is -0.335. The van der Waals surface area contributed by atoms with Crippen LogP contribution in [0.1, 0.15) is 72.7 Å². The number of unbranched alkanes of at least 4 members (excludes halogenated alkanes) is 1. The van der Waals surface area contributed by atoms with Crippen LogP contribution in [-0.4, -0.2) is 29.4 Å². The molecule has 0 unspecified atom stereocenters. The van der Waals surface area contributed by atoms with Gasteiger partial charge in [0.25, 0.3) is 11.8 Å². The third-order valence-corrected chi connectivity index (χ3v) is 4.01. The predicted octanol–water partition coefficient (Wildman–Crippen LogP) is 2.67. The zero-order chi connectivity index (χ0) is 15.8. The Kier molecular flexibility index (Phi) is 6.37. The molecule has 1 aliphatic rings. The minimum atomic E-state index is -0.222. The SMILES string of the molecule is CCCCNC(=O)c1cc(C(=O)NC2CCCCC2)ccn1. The molecule has 120 valence electrons. The highest BCUT2D eigenvalue weighted by Crippen LogP contribution is 2.17. The minimum Gasteiger partial charge on any atom is -0.351 e. The summed E-state index contributed by atoms with van der Waals surface area (Å²) in [7, 11) is 0. The number of carbonyl (C=O) groups excluding carboxylic acids is 2. The summed E-state index contributed by atoms with van der Waals surface area (Å²) in [6, 6.07) is 3.48. The Balaban J connectivity index is 1.94. The highest BCUT2D eigenvalue weighted by Gasteiger charge is 2.17. The van der Waals surface area contributed by atoms with Crippen LogP contribution in [0.2, 0.25) is 0 Å². The molecule has 22 heavy (non-hydrogen) atoms. The van der Waals surface area contributed by atoms with Gasteiger partial charge in [-0.1, -0.05) is 32.6 Å². The molecule has 2 amide bonds. The van der Waals surface area contributed by atoms with Crippen LogP contribution in [0, 0.1) is 0 Å². The lowest BCUT2D eigenvalue weighted by Gasteiger charge is -2.22. The van der Waals surface area contributed by atoms with Crippen molar-refractivity contribution < 1.29 is 9.59 Å². The molecule has 1 fully saturated rings. The molecule has 0 aromatic carbocycles. The largest absolute Gasteiger partial charge is 0.351 e. The monoisotopic (exact) mass is 303 g/mol. The van der Waals surface area contributed by atoms with Gasteiger partial charge in [-0.05, 0) is 31.4 Å². The van der Waals surface area contributed by atoms with Gasteiger partial charge in [-0.25, -0.2) is 0 Å². The highest BCUT2D eigenvalue weighted by atomic mass is 16.2. The normalized spacial score (nSPS) is 15.3. The van der Waals surface area contributed by atoms with E-state index in [-0.39, 0.29) is 17.9 Å². The van der Waals surface area contributed by atoms with Crippen molar-refractivity contribution in [1.82, 2.24) is 15.6 Å². The number of nitrogens with one attached hydrogen (secondary N) is 2. The molecule has 1 aromatic rings. The molecule has 1 saturated carbocycles. The van der Waals surface area contributed by atoms with Gasteiger partial charge in [0.1, 0.15) is 5.69 Å². The van der Waals surface area contributed by atoms with Crippen molar-refractivity contribution >= 4 is 11.8 Å². The third-order valence-electron chi connectivity index (χ3n) is 4.01. The van der Waals surface area contributed by atoms with Crippen molar-refractivity contribution in [2.75, 3.05) is 6.54 Å². The molecule has 2 rings (SSSR count). The molecule has 0 radical (unpaired) electrons. The number of amides is 2. The first-order valence-corrected chi connectivity index (χ1v) is 8.26. The Morgan fingerprint density at radius 2 is 2.00 bits per heavy atom. The quantitative estimate of drug-likeness (QED) is 0.794. The van der Waals surface area contributed by atoms with Gasteiger partial charge in [-0.15, -0.1) is 0 Å². The summed E-state index contributed by atoms with van der Waals surface area (Å²) in [4.78, 5) is 28.3. The van der Waals surface area contributed by atoms with Crippen molar-refractivity contribution in [2.45, 2.75) is 57.9 Å². The van der Waals surface area contributed by atoms with Crippen molar-refractivity contribution in [1.29, 1.82) is 0 Å². The fraction of sp³-hybridized carbons (Fsp3) is 0.588. The van der Waals surface area contributed by atoms with Crippen LogP contribution in [0.4, 0.5) is 0 Å². The zero-order valence-electron chi connectivity index (χ0n) is 13.2. The van der Waals surface area contributed by atoms with Crippen molar-refractivity contribution in [3.63, 3.8) is 0 Å². The van der Waals surface area contributed by atoms with E-state index >= 15 is 0 Å². The number of pyridine rings is 1. The molecular weight excluding hydrogens is 278 g/mol. The lowest BCUT2D eigenvalue weighted by Crippen LogP contribution is -2.36. The van der Waals surface area contributed by atoms with Crippen LogP contribution in [-0.2, 0) is 0 Å². The third kappa shape index (κ3) is 4.83. The Morgan fingerprint density at radius 3 is 2.73 bits per heavy atom. The number of nitrogens with zero attached hydrogens (tertiary/aromatic N) is 1. The maximum Gasteiger partial charge on any atom is 0.269 e. The van der Waals surface area contributed by atoms with Crippen LogP contribution >= 0.6 is 0 Å². The molecule has 0 saturated heterocycles. The lowest BCUT2D eigenvalue weighted by atomic mass is 9.95. The molecule has 0 atom stereocenters. The molecule has 5 nitrogen and oxygen atoms in total. The molecule has 1 aromatic heterocycles. The maximum absolute atomic E-state index is 12.3. The summed E-state index contributed by atoms with van der Waals surface area (Å²) in [5, 5.41) is 5.87. The highest BCUT2D eigenvalue weighted by molar-refractivity contribution is 5.98. The van der Waals surface area contributed by atoms with Crippen LogP contribution in [0.5, 0.6) is 0 Å². The first kappa shape index (κ1) is 16.5. The van der Waals surface area contributed by atoms with E-state index in [1.165, 1.54) is 25.5 Å². The summed E-state index contributed by atoms with van der Waals surface area (Å²) in [5.41, 5.74) is 0.800. The van der Waals surface area contributed by atoms with E-state index in [1.807, 2.05) is 0 Å². The second-order valence-corrected chi connectivity index (χ2v) is 5.85. The summed E-state index contributed by atoms with van der Waals surface area (Å²) < 4.78 is 0. The second-order valence-electron chi connectivity index (χ2n) is 5.85. The van der Waals surface area contributed by atoms with Gasteiger partial charge in [0.2, 0.25) is 0 Å². The molecule has 1 heterocycles. The van der Waals surface area contributed by atoms with Crippen LogP contribution in [0.15, 0.2) is 18.3 Å². The van der Waals surface area contributed by atoms with Gasteiger partial charge < -0.3 is 10.6 Å².